The number of rotatable bonds is 4. The Bertz CT molecular complexity index is 533. The minimum absolute atomic E-state index is 0.00647. The zero-order valence-electron chi connectivity index (χ0n) is 11.6. The number of halogens is 2. The lowest BCUT2D eigenvalue weighted by atomic mass is 9.67. The smallest absolute Gasteiger partial charge is 0.251 e. The summed E-state index contributed by atoms with van der Waals surface area (Å²) in [6.45, 7) is 1.25. The summed E-state index contributed by atoms with van der Waals surface area (Å²) in [5.74, 6) is -0.363. The van der Waals surface area contributed by atoms with Gasteiger partial charge in [-0.3, -0.25) is 4.79 Å². The van der Waals surface area contributed by atoms with Gasteiger partial charge in [0.1, 0.15) is 5.82 Å². The molecule has 1 aromatic rings. The molecular weight excluding hydrogens is 297 g/mol. The number of carbonyl (C=O) groups excluding carboxylic acids is 1. The highest BCUT2D eigenvalue weighted by molar-refractivity contribution is 6.31. The number of amides is 1. The Kier molecular flexibility index (Phi) is 4.15. The summed E-state index contributed by atoms with van der Waals surface area (Å²) in [5, 5.41) is 3.18. The van der Waals surface area contributed by atoms with E-state index in [0.717, 1.165) is 6.42 Å². The maximum absolute atomic E-state index is 13.3. The van der Waals surface area contributed by atoms with Crippen LogP contribution in [0.4, 0.5) is 4.39 Å². The molecule has 1 saturated heterocycles. The normalized spacial score (nSPS) is 30.6. The minimum Gasteiger partial charge on any atom is -0.384 e. The van der Waals surface area contributed by atoms with Crippen LogP contribution in [0, 0.1) is 17.7 Å². The average Bonchev–Trinajstić information content (AvgIpc) is 2.85. The van der Waals surface area contributed by atoms with Crippen LogP contribution in [-0.4, -0.2) is 38.4 Å². The summed E-state index contributed by atoms with van der Waals surface area (Å²) in [5.41, 5.74) is 0.235. The van der Waals surface area contributed by atoms with E-state index in [1.807, 2.05) is 0 Å². The molecule has 2 aliphatic rings. The quantitative estimate of drug-likeness (QED) is 0.927. The molecule has 0 unspecified atom stereocenters. The van der Waals surface area contributed by atoms with Gasteiger partial charge in [0.25, 0.3) is 5.91 Å². The van der Waals surface area contributed by atoms with Crippen LogP contribution in [0.25, 0.3) is 0 Å². The third kappa shape index (κ3) is 2.78. The van der Waals surface area contributed by atoms with Gasteiger partial charge in [-0.25, -0.2) is 4.39 Å². The van der Waals surface area contributed by atoms with Crippen molar-refractivity contribution >= 4 is 17.5 Å². The zero-order valence-corrected chi connectivity index (χ0v) is 12.4. The number of nitrogens with one attached hydrogen (secondary N) is 1. The molecule has 0 bridgehead atoms. The molecule has 1 N–H and O–H groups in total. The number of ether oxygens (including phenoxy) is 2. The third-order valence-corrected chi connectivity index (χ3v) is 4.53. The van der Waals surface area contributed by atoms with Crippen molar-refractivity contribution < 1.29 is 18.7 Å². The predicted molar refractivity (Wildman–Crippen MR) is 75.9 cm³/mol. The lowest BCUT2D eigenvalue weighted by Gasteiger charge is -2.47. The van der Waals surface area contributed by atoms with Gasteiger partial charge in [0.05, 0.1) is 12.7 Å². The summed E-state index contributed by atoms with van der Waals surface area (Å²) in [6, 6.07) is 3.84. The standard InChI is InChI=1S/C15H17ClFNO3/c1-20-7-12-13(11-2-3-21-14(11)12)18-15(19)8-4-9(16)6-10(17)5-8/h4-6,11-14H,2-3,7H2,1H3,(H,18,19)/t11-,12+,13+,14-/m1/s1. The number of fused-ring (bicyclic) bond motifs is 1. The Morgan fingerprint density at radius 1 is 1.52 bits per heavy atom. The molecule has 6 heteroatoms. The lowest BCUT2D eigenvalue weighted by Crippen LogP contribution is -2.62. The second-order valence-corrected chi connectivity index (χ2v) is 6.00. The second-order valence-electron chi connectivity index (χ2n) is 5.56. The number of carbonyl (C=O) groups is 1. The van der Waals surface area contributed by atoms with Gasteiger partial charge >= 0.3 is 0 Å². The van der Waals surface area contributed by atoms with E-state index in [4.69, 9.17) is 21.1 Å². The Hall–Kier alpha value is -1.17. The van der Waals surface area contributed by atoms with Crippen molar-refractivity contribution in [3.05, 3.63) is 34.6 Å². The molecule has 3 rings (SSSR count). The van der Waals surface area contributed by atoms with E-state index in [1.54, 1.807) is 7.11 Å². The van der Waals surface area contributed by atoms with Gasteiger partial charge in [-0.15, -0.1) is 0 Å². The molecule has 21 heavy (non-hydrogen) atoms. The van der Waals surface area contributed by atoms with Crippen molar-refractivity contribution in [3.8, 4) is 0 Å². The Morgan fingerprint density at radius 3 is 3.05 bits per heavy atom. The van der Waals surface area contributed by atoms with E-state index in [-0.39, 0.29) is 34.6 Å². The van der Waals surface area contributed by atoms with Crippen LogP contribution < -0.4 is 5.32 Å². The fourth-order valence-electron chi connectivity index (χ4n) is 3.35. The van der Waals surface area contributed by atoms with E-state index in [0.29, 0.717) is 19.1 Å². The first-order valence-electron chi connectivity index (χ1n) is 6.97. The summed E-state index contributed by atoms with van der Waals surface area (Å²) in [7, 11) is 1.63. The van der Waals surface area contributed by atoms with E-state index in [9.17, 15) is 9.18 Å². The van der Waals surface area contributed by atoms with Gasteiger partial charge in [0.15, 0.2) is 0 Å². The van der Waals surface area contributed by atoms with Crippen LogP contribution in [0.15, 0.2) is 18.2 Å². The molecule has 1 aliphatic carbocycles. The van der Waals surface area contributed by atoms with Gasteiger partial charge < -0.3 is 14.8 Å². The van der Waals surface area contributed by atoms with E-state index in [2.05, 4.69) is 5.32 Å². The van der Waals surface area contributed by atoms with E-state index in [1.165, 1.54) is 18.2 Å². The molecule has 1 heterocycles. The van der Waals surface area contributed by atoms with Gasteiger partial charge in [-0.05, 0) is 24.6 Å². The maximum Gasteiger partial charge on any atom is 0.251 e. The number of hydrogen-bond donors (Lipinski definition) is 1. The Morgan fingerprint density at radius 2 is 2.33 bits per heavy atom. The van der Waals surface area contributed by atoms with Gasteiger partial charge in [0, 0.05) is 42.2 Å². The molecule has 4 nitrogen and oxygen atoms in total. The number of hydrogen-bond acceptors (Lipinski definition) is 3. The highest BCUT2D eigenvalue weighted by Crippen LogP contribution is 2.43. The maximum atomic E-state index is 13.3. The molecule has 1 aromatic carbocycles. The monoisotopic (exact) mass is 313 g/mol. The van der Waals surface area contributed by atoms with Crippen molar-refractivity contribution in [1.82, 2.24) is 5.32 Å². The van der Waals surface area contributed by atoms with Gasteiger partial charge in [-0.2, -0.15) is 0 Å². The van der Waals surface area contributed by atoms with Crippen LogP contribution in [0.5, 0.6) is 0 Å². The molecule has 0 radical (unpaired) electrons. The van der Waals surface area contributed by atoms with Gasteiger partial charge in [-0.1, -0.05) is 11.6 Å². The molecule has 0 aromatic heterocycles. The number of benzene rings is 1. The minimum atomic E-state index is -0.517. The van der Waals surface area contributed by atoms with E-state index >= 15 is 0 Å². The highest BCUT2D eigenvalue weighted by atomic mass is 35.5. The topological polar surface area (TPSA) is 47.6 Å². The first-order valence-corrected chi connectivity index (χ1v) is 7.35. The molecule has 2 fully saturated rings. The zero-order chi connectivity index (χ0) is 15.0. The Balaban J connectivity index is 1.71. The molecule has 1 aliphatic heterocycles. The van der Waals surface area contributed by atoms with Crippen LogP contribution in [0.2, 0.25) is 5.02 Å². The Labute approximate surface area is 127 Å². The molecule has 0 spiro atoms. The molecule has 4 atom stereocenters. The fourth-order valence-corrected chi connectivity index (χ4v) is 3.58. The largest absolute Gasteiger partial charge is 0.384 e. The first kappa shape index (κ1) is 14.8. The van der Waals surface area contributed by atoms with Crippen LogP contribution >= 0.6 is 11.6 Å². The van der Waals surface area contributed by atoms with Crippen molar-refractivity contribution in [1.29, 1.82) is 0 Å². The summed E-state index contributed by atoms with van der Waals surface area (Å²) in [6.07, 6.45) is 1.09. The highest BCUT2D eigenvalue weighted by Gasteiger charge is 2.54. The second kappa shape index (κ2) is 5.91. The SMILES string of the molecule is COC[C@H]1[C@@H](NC(=O)c2cc(F)cc(Cl)c2)[C@H]2CCO[C@H]21. The third-order valence-electron chi connectivity index (χ3n) is 4.31. The van der Waals surface area contributed by atoms with Crippen LogP contribution in [-0.2, 0) is 9.47 Å². The summed E-state index contributed by atoms with van der Waals surface area (Å²) in [4.78, 5) is 12.3. The van der Waals surface area contributed by atoms with Crippen LogP contribution in [0.1, 0.15) is 16.8 Å². The summed E-state index contributed by atoms with van der Waals surface area (Å²) >= 11 is 5.79. The fraction of sp³-hybridized carbons (Fsp3) is 0.533. The molecular formula is C15H17ClFNO3. The lowest BCUT2D eigenvalue weighted by molar-refractivity contribution is -0.0809. The average molecular weight is 314 g/mol. The van der Waals surface area contributed by atoms with Crippen molar-refractivity contribution in [2.75, 3.05) is 20.3 Å². The molecule has 114 valence electrons. The molecule has 1 saturated carbocycles. The molecule has 1 amide bonds. The van der Waals surface area contributed by atoms with Crippen LogP contribution in [0.3, 0.4) is 0 Å². The first-order chi connectivity index (χ1) is 10.1. The van der Waals surface area contributed by atoms with Crippen molar-refractivity contribution in [2.45, 2.75) is 18.6 Å². The van der Waals surface area contributed by atoms with Crippen molar-refractivity contribution in [2.24, 2.45) is 11.8 Å². The summed E-state index contributed by atoms with van der Waals surface area (Å²) < 4.78 is 24.2. The van der Waals surface area contributed by atoms with E-state index < -0.39 is 5.82 Å². The van der Waals surface area contributed by atoms with Gasteiger partial charge in [0.2, 0.25) is 0 Å². The number of methoxy groups -OCH3 is 1. The van der Waals surface area contributed by atoms with Crippen molar-refractivity contribution in [3.63, 3.8) is 0 Å². The predicted octanol–water partition coefficient (Wildman–Crippen LogP) is 2.26.